The Morgan fingerprint density at radius 1 is 1.16 bits per heavy atom. The second-order valence-corrected chi connectivity index (χ2v) is 6.65. The largest absolute Gasteiger partial charge is 0.497 e. The molecule has 0 spiro atoms. The number of ether oxygens (including phenoxy) is 1. The van der Waals surface area contributed by atoms with Crippen molar-refractivity contribution in [3.05, 3.63) is 58.9 Å². The van der Waals surface area contributed by atoms with Crippen LogP contribution in [0.25, 0.3) is 11.4 Å². The maximum Gasteiger partial charge on any atom is 0.191 e. The van der Waals surface area contributed by atoms with Gasteiger partial charge in [-0.25, -0.2) is 4.39 Å². The van der Waals surface area contributed by atoms with Gasteiger partial charge in [0.25, 0.3) is 0 Å². The van der Waals surface area contributed by atoms with Gasteiger partial charge in [-0.1, -0.05) is 29.4 Å². The van der Waals surface area contributed by atoms with Gasteiger partial charge in [0.1, 0.15) is 11.6 Å². The molecule has 0 N–H and O–H groups in total. The van der Waals surface area contributed by atoms with Gasteiger partial charge in [0, 0.05) is 22.9 Å². The first-order chi connectivity index (χ1) is 12.1. The zero-order valence-corrected chi connectivity index (χ0v) is 15.4. The van der Waals surface area contributed by atoms with Crippen molar-refractivity contribution in [1.82, 2.24) is 14.8 Å². The van der Waals surface area contributed by atoms with Crippen LogP contribution in [0.2, 0.25) is 5.02 Å². The zero-order valence-electron chi connectivity index (χ0n) is 13.9. The summed E-state index contributed by atoms with van der Waals surface area (Å²) in [6, 6.07) is 12.1. The van der Waals surface area contributed by atoms with Crippen molar-refractivity contribution in [2.75, 3.05) is 7.11 Å². The van der Waals surface area contributed by atoms with Gasteiger partial charge in [-0.05, 0) is 48.9 Å². The quantitative estimate of drug-likeness (QED) is 0.563. The Morgan fingerprint density at radius 2 is 1.92 bits per heavy atom. The van der Waals surface area contributed by atoms with E-state index in [-0.39, 0.29) is 5.82 Å². The molecule has 1 aromatic heterocycles. The Kier molecular flexibility index (Phi) is 5.60. The van der Waals surface area contributed by atoms with Crippen LogP contribution < -0.4 is 4.74 Å². The van der Waals surface area contributed by atoms with Crippen LogP contribution in [-0.2, 0) is 12.3 Å². The van der Waals surface area contributed by atoms with Gasteiger partial charge in [-0.3, -0.25) is 0 Å². The highest BCUT2D eigenvalue weighted by Gasteiger charge is 2.14. The van der Waals surface area contributed by atoms with E-state index < -0.39 is 0 Å². The number of aromatic nitrogens is 3. The van der Waals surface area contributed by atoms with E-state index in [0.29, 0.717) is 10.8 Å². The summed E-state index contributed by atoms with van der Waals surface area (Å²) < 4.78 is 20.4. The van der Waals surface area contributed by atoms with Gasteiger partial charge in [0.05, 0.1) is 7.11 Å². The third kappa shape index (κ3) is 3.96. The molecule has 3 aromatic rings. The van der Waals surface area contributed by atoms with Crippen molar-refractivity contribution in [3.8, 4) is 17.1 Å². The summed E-state index contributed by atoms with van der Waals surface area (Å²) in [7, 11) is 1.64. The summed E-state index contributed by atoms with van der Waals surface area (Å²) >= 11 is 7.62. The number of benzene rings is 2. The minimum absolute atomic E-state index is 0.336. The van der Waals surface area contributed by atoms with Crippen molar-refractivity contribution in [2.24, 2.45) is 0 Å². The average molecular weight is 378 g/mol. The molecule has 1 heterocycles. The fraction of sp³-hybridized carbons (Fsp3) is 0.222. The lowest BCUT2D eigenvalue weighted by Gasteiger charge is -2.08. The predicted octanol–water partition coefficient (Wildman–Crippen LogP) is 5.06. The molecule has 0 saturated heterocycles. The molecule has 0 radical (unpaired) electrons. The molecule has 0 unspecified atom stereocenters. The molecular weight excluding hydrogens is 361 g/mol. The molecule has 0 aliphatic heterocycles. The van der Waals surface area contributed by atoms with E-state index in [9.17, 15) is 4.39 Å². The van der Waals surface area contributed by atoms with Crippen molar-refractivity contribution in [2.45, 2.75) is 24.4 Å². The summed E-state index contributed by atoms with van der Waals surface area (Å²) in [6.07, 6.45) is 0. The maximum atomic E-state index is 13.1. The number of nitrogens with zero attached hydrogens (tertiary/aromatic N) is 3. The monoisotopic (exact) mass is 377 g/mol. The zero-order chi connectivity index (χ0) is 17.8. The van der Waals surface area contributed by atoms with Crippen LogP contribution in [0.15, 0.2) is 47.6 Å². The van der Waals surface area contributed by atoms with Crippen LogP contribution in [0.4, 0.5) is 4.39 Å². The predicted molar refractivity (Wildman–Crippen MR) is 98.7 cm³/mol. The van der Waals surface area contributed by atoms with Crippen molar-refractivity contribution >= 4 is 23.4 Å². The molecule has 3 rings (SSSR count). The highest BCUT2D eigenvalue weighted by atomic mass is 35.5. The molecule has 130 valence electrons. The first kappa shape index (κ1) is 17.8. The van der Waals surface area contributed by atoms with Crippen molar-refractivity contribution < 1.29 is 9.13 Å². The number of rotatable bonds is 6. The maximum absolute atomic E-state index is 13.1. The Labute approximate surface area is 155 Å². The average Bonchev–Trinajstić information content (AvgIpc) is 3.04. The van der Waals surface area contributed by atoms with Gasteiger partial charge in [0.15, 0.2) is 11.0 Å². The highest BCUT2D eigenvalue weighted by molar-refractivity contribution is 7.98. The smallest absolute Gasteiger partial charge is 0.191 e. The summed E-state index contributed by atoms with van der Waals surface area (Å²) in [5.74, 6) is 1.86. The van der Waals surface area contributed by atoms with Crippen LogP contribution in [-0.4, -0.2) is 21.9 Å². The number of methoxy groups -OCH3 is 1. The molecule has 4 nitrogen and oxygen atoms in total. The first-order valence-electron chi connectivity index (χ1n) is 7.76. The van der Waals surface area contributed by atoms with Gasteiger partial charge in [-0.15, -0.1) is 10.2 Å². The number of halogens is 2. The molecule has 0 aliphatic rings. The summed E-state index contributed by atoms with van der Waals surface area (Å²) in [5.41, 5.74) is 1.84. The van der Waals surface area contributed by atoms with Crippen molar-refractivity contribution in [3.63, 3.8) is 0 Å². The molecular formula is C18H17ClFN3OS. The Morgan fingerprint density at radius 3 is 2.56 bits per heavy atom. The fourth-order valence-electron chi connectivity index (χ4n) is 2.42. The number of thioether (sulfide) groups is 1. The van der Waals surface area contributed by atoms with Gasteiger partial charge < -0.3 is 9.30 Å². The molecule has 0 saturated carbocycles. The summed E-state index contributed by atoms with van der Waals surface area (Å²) in [6.45, 7) is 2.79. The van der Waals surface area contributed by atoms with E-state index in [1.807, 2.05) is 35.8 Å². The SMILES string of the molecule is CCn1c(SCc2ccc(F)cc2Cl)nnc1-c1ccc(OC)cc1. The van der Waals surface area contributed by atoms with E-state index in [4.69, 9.17) is 16.3 Å². The minimum atomic E-state index is -0.336. The van der Waals surface area contributed by atoms with E-state index in [1.54, 1.807) is 13.2 Å². The first-order valence-corrected chi connectivity index (χ1v) is 9.13. The van der Waals surface area contributed by atoms with Gasteiger partial charge in [0.2, 0.25) is 0 Å². The lowest BCUT2D eigenvalue weighted by Crippen LogP contribution is -2.00. The molecule has 2 aromatic carbocycles. The molecule has 0 atom stereocenters. The van der Waals surface area contributed by atoms with E-state index in [1.165, 1.54) is 23.9 Å². The molecule has 7 heteroatoms. The Bertz CT molecular complexity index is 867. The van der Waals surface area contributed by atoms with Gasteiger partial charge in [-0.2, -0.15) is 0 Å². The molecule has 0 bridgehead atoms. The van der Waals surface area contributed by atoms with Crippen LogP contribution in [0, 0.1) is 5.82 Å². The topological polar surface area (TPSA) is 39.9 Å². The van der Waals surface area contributed by atoms with Crippen LogP contribution in [0.1, 0.15) is 12.5 Å². The Balaban J connectivity index is 1.81. The van der Waals surface area contributed by atoms with E-state index >= 15 is 0 Å². The van der Waals surface area contributed by atoms with Crippen molar-refractivity contribution in [1.29, 1.82) is 0 Å². The van der Waals surface area contributed by atoms with E-state index in [2.05, 4.69) is 10.2 Å². The summed E-state index contributed by atoms with van der Waals surface area (Å²) in [5, 5.41) is 9.84. The lowest BCUT2D eigenvalue weighted by molar-refractivity contribution is 0.415. The van der Waals surface area contributed by atoms with Gasteiger partial charge >= 0.3 is 0 Å². The molecule has 0 amide bonds. The second kappa shape index (κ2) is 7.89. The third-order valence-corrected chi connectivity index (χ3v) is 5.12. The highest BCUT2D eigenvalue weighted by Crippen LogP contribution is 2.29. The summed E-state index contributed by atoms with van der Waals surface area (Å²) in [4.78, 5) is 0. The van der Waals surface area contributed by atoms with E-state index in [0.717, 1.165) is 34.4 Å². The Hall–Kier alpha value is -2.05. The standard InChI is InChI=1S/C18H17ClFN3OS/c1-3-23-17(12-5-8-15(24-2)9-6-12)21-22-18(23)25-11-13-4-7-14(20)10-16(13)19/h4-10H,3,11H2,1-2H3. The normalized spacial score (nSPS) is 10.9. The molecule has 0 aliphatic carbocycles. The molecule has 0 fully saturated rings. The van der Waals surface area contributed by atoms with Crippen LogP contribution in [0.3, 0.4) is 0 Å². The molecule has 25 heavy (non-hydrogen) atoms. The lowest BCUT2D eigenvalue weighted by atomic mass is 10.2. The minimum Gasteiger partial charge on any atom is -0.497 e. The number of hydrogen-bond acceptors (Lipinski definition) is 4. The fourth-order valence-corrected chi connectivity index (χ4v) is 3.73. The third-order valence-electron chi connectivity index (χ3n) is 3.75. The van der Waals surface area contributed by atoms with Crippen LogP contribution >= 0.6 is 23.4 Å². The second-order valence-electron chi connectivity index (χ2n) is 5.30. The van der Waals surface area contributed by atoms with Crippen LogP contribution in [0.5, 0.6) is 5.75 Å². The number of hydrogen-bond donors (Lipinski definition) is 0.